The minimum atomic E-state index is 0.0569. The van der Waals surface area contributed by atoms with E-state index in [0.717, 1.165) is 35.4 Å². The highest BCUT2D eigenvalue weighted by atomic mass is 16.1. The van der Waals surface area contributed by atoms with Gasteiger partial charge in [-0.05, 0) is 25.8 Å². The van der Waals surface area contributed by atoms with Gasteiger partial charge in [-0.15, -0.1) is 0 Å². The second-order valence-electron chi connectivity index (χ2n) is 5.77. The van der Waals surface area contributed by atoms with Gasteiger partial charge in [0.15, 0.2) is 0 Å². The molecular formula is C18H25N3O. The first-order valence-electron chi connectivity index (χ1n) is 7.86. The average molecular weight is 299 g/mol. The van der Waals surface area contributed by atoms with Crippen molar-refractivity contribution in [2.24, 2.45) is 7.05 Å². The molecule has 4 nitrogen and oxygen atoms in total. The summed E-state index contributed by atoms with van der Waals surface area (Å²) < 4.78 is 1.83. The Kier molecular flexibility index (Phi) is 5.36. The van der Waals surface area contributed by atoms with Crippen molar-refractivity contribution in [3.63, 3.8) is 0 Å². The number of carbonyl (C=O) groups excluding carboxylic acids is 1. The third-order valence-corrected chi connectivity index (χ3v) is 4.11. The molecule has 0 saturated carbocycles. The summed E-state index contributed by atoms with van der Waals surface area (Å²) in [7, 11) is 1.91. The molecule has 1 atom stereocenters. The van der Waals surface area contributed by atoms with Crippen LogP contribution in [0.3, 0.4) is 0 Å². The fourth-order valence-corrected chi connectivity index (χ4v) is 2.78. The zero-order valence-electron chi connectivity index (χ0n) is 13.9. The largest absolute Gasteiger partial charge is 0.349 e. The Morgan fingerprint density at radius 3 is 2.50 bits per heavy atom. The Labute approximate surface area is 132 Å². The molecule has 0 bridgehead atoms. The summed E-state index contributed by atoms with van der Waals surface area (Å²) in [4.78, 5) is 12.4. The molecule has 1 aromatic heterocycles. The maximum absolute atomic E-state index is 12.4. The number of aryl methyl sites for hydroxylation is 2. The van der Waals surface area contributed by atoms with Crippen LogP contribution in [0.25, 0.3) is 0 Å². The number of nitrogens with one attached hydrogen (secondary N) is 1. The van der Waals surface area contributed by atoms with Crippen molar-refractivity contribution in [1.82, 2.24) is 15.1 Å². The van der Waals surface area contributed by atoms with Crippen LogP contribution in [0.5, 0.6) is 0 Å². The molecule has 0 aliphatic carbocycles. The Hall–Kier alpha value is -2.10. The first-order chi connectivity index (χ1) is 10.5. The molecule has 22 heavy (non-hydrogen) atoms. The third-order valence-electron chi connectivity index (χ3n) is 4.11. The maximum atomic E-state index is 12.4. The Bertz CT molecular complexity index is 631. The van der Waals surface area contributed by atoms with Crippen LogP contribution < -0.4 is 5.32 Å². The van der Waals surface area contributed by atoms with Gasteiger partial charge in [0.2, 0.25) is 5.91 Å². The first-order valence-corrected chi connectivity index (χ1v) is 7.86. The monoisotopic (exact) mass is 299 g/mol. The van der Waals surface area contributed by atoms with Crippen molar-refractivity contribution in [2.45, 2.75) is 46.1 Å². The Morgan fingerprint density at radius 1 is 1.27 bits per heavy atom. The number of nitrogens with zero attached hydrogens (tertiary/aromatic N) is 2. The molecule has 0 saturated heterocycles. The van der Waals surface area contributed by atoms with Gasteiger partial charge < -0.3 is 5.32 Å². The smallest absolute Gasteiger partial charge is 0.225 e. The predicted molar refractivity (Wildman–Crippen MR) is 88.6 cm³/mol. The summed E-state index contributed by atoms with van der Waals surface area (Å²) >= 11 is 0. The van der Waals surface area contributed by atoms with Crippen LogP contribution in [0.1, 0.15) is 48.3 Å². The summed E-state index contributed by atoms with van der Waals surface area (Å²) in [5.74, 6) is 0.0569. The highest BCUT2D eigenvalue weighted by molar-refractivity contribution is 5.79. The molecule has 1 N–H and O–H groups in total. The van der Waals surface area contributed by atoms with Crippen molar-refractivity contribution in [3.8, 4) is 0 Å². The highest BCUT2D eigenvalue weighted by Gasteiger charge is 2.17. The van der Waals surface area contributed by atoms with E-state index in [-0.39, 0.29) is 11.9 Å². The standard InChI is InChI=1S/C18H25N3O/c1-5-9-17(15-10-7-6-8-11-15)19-18(22)12-16-13(2)20-21(4)14(16)3/h6-8,10-11,17H,5,9,12H2,1-4H3,(H,19,22). The molecule has 0 aliphatic heterocycles. The van der Waals surface area contributed by atoms with Crippen LogP contribution in [0.4, 0.5) is 0 Å². The van der Waals surface area contributed by atoms with Crippen LogP contribution in [0.2, 0.25) is 0 Å². The van der Waals surface area contributed by atoms with E-state index in [9.17, 15) is 4.79 Å². The van der Waals surface area contributed by atoms with Crippen molar-refractivity contribution >= 4 is 5.91 Å². The van der Waals surface area contributed by atoms with Gasteiger partial charge in [0.05, 0.1) is 18.2 Å². The van der Waals surface area contributed by atoms with Gasteiger partial charge in [0.25, 0.3) is 0 Å². The number of aromatic nitrogens is 2. The van der Waals surface area contributed by atoms with Crippen LogP contribution in [-0.4, -0.2) is 15.7 Å². The van der Waals surface area contributed by atoms with Gasteiger partial charge in [-0.25, -0.2) is 0 Å². The number of hydrogen-bond acceptors (Lipinski definition) is 2. The van der Waals surface area contributed by atoms with E-state index < -0.39 is 0 Å². The second kappa shape index (κ2) is 7.25. The number of benzene rings is 1. The number of amides is 1. The van der Waals surface area contributed by atoms with Gasteiger partial charge in [-0.2, -0.15) is 5.10 Å². The lowest BCUT2D eigenvalue weighted by Gasteiger charge is -2.18. The van der Waals surface area contributed by atoms with E-state index in [2.05, 4.69) is 29.5 Å². The molecule has 1 heterocycles. The van der Waals surface area contributed by atoms with Crippen LogP contribution in [-0.2, 0) is 18.3 Å². The van der Waals surface area contributed by atoms with Gasteiger partial charge in [-0.3, -0.25) is 9.48 Å². The highest BCUT2D eigenvalue weighted by Crippen LogP contribution is 2.19. The van der Waals surface area contributed by atoms with Gasteiger partial charge >= 0.3 is 0 Å². The fourth-order valence-electron chi connectivity index (χ4n) is 2.78. The molecule has 1 aromatic carbocycles. The topological polar surface area (TPSA) is 46.9 Å². The maximum Gasteiger partial charge on any atom is 0.225 e. The Balaban J connectivity index is 2.08. The van der Waals surface area contributed by atoms with E-state index in [0.29, 0.717) is 6.42 Å². The SMILES string of the molecule is CCCC(NC(=O)Cc1c(C)nn(C)c1C)c1ccccc1. The summed E-state index contributed by atoms with van der Waals surface area (Å²) in [5, 5.41) is 7.54. The summed E-state index contributed by atoms with van der Waals surface area (Å²) in [5.41, 5.74) is 4.18. The molecule has 0 aliphatic rings. The summed E-state index contributed by atoms with van der Waals surface area (Å²) in [6.07, 6.45) is 2.37. The zero-order valence-corrected chi connectivity index (χ0v) is 13.9. The van der Waals surface area contributed by atoms with Gasteiger partial charge in [0.1, 0.15) is 0 Å². The minimum Gasteiger partial charge on any atom is -0.349 e. The van der Waals surface area contributed by atoms with E-state index in [1.54, 1.807) is 0 Å². The molecule has 2 rings (SSSR count). The zero-order chi connectivity index (χ0) is 16.1. The number of carbonyl (C=O) groups is 1. The quantitative estimate of drug-likeness (QED) is 0.890. The van der Waals surface area contributed by atoms with Crippen molar-refractivity contribution < 1.29 is 4.79 Å². The first kappa shape index (κ1) is 16.3. The van der Waals surface area contributed by atoms with E-state index in [4.69, 9.17) is 0 Å². The average Bonchev–Trinajstić information content (AvgIpc) is 2.74. The van der Waals surface area contributed by atoms with Gasteiger partial charge in [0, 0.05) is 18.3 Å². The summed E-state index contributed by atoms with van der Waals surface area (Å²) in [6.45, 7) is 6.09. The second-order valence-corrected chi connectivity index (χ2v) is 5.77. The van der Waals surface area contributed by atoms with E-state index >= 15 is 0 Å². The van der Waals surface area contributed by atoms with Gasteiger partial charge in [-0.1, -0.05) is 43.7 Å². The molecular weight excluding hydrogens is 274 g/mol. The molecule has 1 unspecified atom stereocenters. The van der Waals surface area contributed by atoms with Crippen LogP contribution in [0.15, 0.2) is 30.3 Å². The van der Waals surface area contributed by atoms with Crippen molar-refractivity contribution in [2.75, 3.05) is 0 Å². The van der Waals surface area contributed by atoms with Crippen LogP contribution in [0, 0.1) is 13.8 Å². The molecule has 2 aromatic rings. The molecule has 0 radical (unpaired) electrons. The van der Waals surface area contributed by atoms with E-state index in [1.165, 1.54) is 0 Å². The fraction of sp³-hybridized carbons (Fsp3) is 0.444. The van der Waals surface area contributed by atoms with Crippen molar-refractivity contribution in [1.29, 1.82) is 0 Å². The molecule has 4 heteroatoms. The van der Waals surface area contributed by atoms with Crippen molar-refractivity contribution in [3.05, 3.63) is 52.8 Å². The molecule has 118 valence electrons. The predicted octanol–water partition coefficient (Wildman–Crippen LogP) is 3.24. The normalized spacial score (nSPS) is 12.2. The lowest BCUT2D eigenvalue weighted by atomic mass is 10.0. The van der Waals surface area contributed by atoms with Crippen LogP contribution >= 0.6 is 0 Å². The molecule has 1 amide bonds. The lowest BCUT2D eigenvalue weighted by molar-refractivity contribution is -0.121. The van der Waals surface area contributed by atoms with E-state index in [1.807, 2.05) is 43.8 Å². The third kappa shape index (κ3) is 3.75. The number of rotatable bonds is 6. The summed E-state index contributed by atoms with van der Waals surface area (Å²) in [6, 6.07) is 10.2. The number of hydrogen-bond donors (Lipinski definition) is 1. The lowest BCUT2D eigenvalue weighted by Crippen LogP contribution is -2.30. The minimum absolute atomic E-state index is 0.0569. The molecule has 0 spiro atoms. The Morgan fingerprint density at radius 2 is 1.95 bits per heavy atom. The molecule has 0 fully saturated rings.